The molecule has 39 heavy (non-hydrogen) atoms. The van der Waals surface area contributed by atoms with Crippen LogP contribution in [0.25, 0.3) is 0 Å². The number of benzene rings is 2. The second-order valence-corrected chi connectivity index (χ2v) is 15.5. The maximum atomic E-state index is 11.4. The Hall–Kier alpha value is -2.14. The van der Waals surface area contributed by atoms with Crippen molar-refractivity contribution >= 4 is 31.4 Å². The van der Waals surface area contributed by atoms with Crippen molar-refractivity contribution in [2.24, 2.45) is 23.7 Å². The van der Waals surface area contributed by atoms with E-state index in [4.69, 9.17) is 0 Å². The zero-order valence-electron chi connectivity index (χ0n) is 23.6. The summed E-state index contributed by atoms with van der Waals surface area (Å²) in [5.41, 5.74) is 4.45. The van der Waals surface area contributed by atoms with Crippen molar-refractivity contribution in [1.82, 2.24) is 10.2 Å². The molecule has 2 aliphatic heterocycles. The fourth-order valence-electron chi connectivity index (χ4n) is 8.06. The maximum absolute atomic E-state index is 11.4. The fraction of sp³-hybridized carbons (Fsp3) is 0.586. The molecule has 2 heterocycles. The smallest absolute Gasteiger partial charge is 0.229 e. The summed E-state index contributed by atoms with van der Waals surface area (Å²) in [5, 5.41) is 3.42. The lowest BCUT2D eigenvalue weighted by Gasteiger charge is -2.24. The Labute approximate surface area is 234 Å². The van der Waals surface area contributed by atoms with Crippen LogP contribution >= 0.6 is 0 Å². The first-order valence-corrected chi connectivity index (χ1v) is 17.7. The van der Waals surface area contributed by atoms with Crippen LogP contribution in [0.1, 0.15) is 37.8 Å². The minimum Gasteiger partial charge on any atom is -0.316 e. The van der Waals surface area contributed by atoms with E-state index in [1.807, 2.05) is 36.4 Å². The lowest BCUT2D eigenvalue weighted by Crippen LogP contribution is -2.27. The number of anilines is 2. The highest BCUT2D eigenvalue weighted by molar-refractivity contribution is 7.92. The van der Waals surface area contributed by atoms with Gasteiger partial charge < -0.3 is 10.2 Å². The van der Waals surface area contributed by atoms with Gasteiger partial charge in [-0.25, -0.2) is 16.8 Å². The van der Waals surface area contributed by atoms with Crippen molar-refractivity contribution in [2.45, 2.75) is 37.5 Å². The van der Waals surface area contributed by atoms with Crippen LogP contribution in [0.5, 0.6) is 0 Å². The highest BCUT2D eigenvalue weighted by atomic mass is 32.2. The van der Waals surface area contributed by atoms with Crippen LogP contribution < -0.4 is 14.8 Å². The zero-order valence-corrected chi connectivity index (χ0v) is 25.2. The Morgan fingerprint density at radius 2 is 1.18 bits per heavy atom. The van der Waals surface area contributed by atoms with E-state index in [1.165, 1.54) is 23.6 Å². The predicted molar refractivity (Wildman–Crippen MR) is 158 cm³/mol. The molecule has 4 fully saturated rings. The molecule has 0 aromatic heterocycles. The topological polar surface area (TPSA) is 108 Å². The van der Waals surface area contributed by atoms with Crippen LogP contribution in [0, 0.1) is 23.7 Å². The molecule has 4 atom stereocenters. The van der Waals surface area contributed by atoms with E-state index in [1.54, 1.807) is 0 Å². The highest BCUT2D eigenvalue weighted by Crippen LogP contribution is 2.65. The van der Waals surface area contributed by atoms with Crippen molar-refractivity contribution in [3.05, 3.63) is 59.7 Å². The first-order chi connectivity index (χ1) is 18.3. The number of hydrogen-bond donors (Lipinski definition) is 3. The number of hydrogen-bond acceptors (Lipinski definition) is 6. The third-order valence-corrected chi connectivity index (χ3v) is 10.9. The molecular weight excluding hydrogens is 532 g/mol. The number of nitrogens with one attached hydrogen (secondary N) is 3. The lowest BCUT2D eigenvalue weighted by molar-refractivity contribution is 0.320. The summed E-state index contributed by atoms with van der Waals surface area (Å²) in [6, 6.07) is 15.8. The van der Waals surface area contributed by atoms with Gasteiger partial charge in [-0.05, 0) is 92.0 Å². The minimum absolute atomic E-state index is 0.264. The highest BCUT2D eigenvalue weighted by Gasteiger charge is 2.67. The van der Waals surface area contributed by atoms with Crippen LogP contribution in [0.2, 0.25) is 0 Å². The molecule has 2 aromatic carbocycles. The summed E-state index contributed by atoms with van der Waals surface area (Å²) < 4.78 is 50.5. The Morgan fingerprint density at radius 3 is 1.56 bits per heavy atom. The van der Waals surface area contributed by atoms with Gasteiger partial charge in [0.05, 0.1) is 12.5 Å². The van der Waals surface area contributed by atoms with Crippen LogP contribution in [0.4, 0.5) is 11.4 Å². The first-order valence-electron chi connectivity index (χ1n) is 13.9. The second kappa shape index (κ2) is 10.0. The molecule has 8 nitrogen and oxygen atoms in total. The van der Waals surface area contributed by atoms with Gasteiger partial charge in [0.25, 0.3) is 0 Å². The minimum atomic E-state index is -3.21. The quantitative estimate of drug-likeness (QED) is 0.446. The maximum Gasteiger partial charge on any atom is 0.229 e. The normalized spacial score (nSPS) is 32.9. The van der Waals surface area contributed by atoms with Gasteiger partial charge in [0.2, 0.25) is 20.0 Å². The Morgan fingerprint density at radius 1 is 0.769 bits per heavy atom. The summed E-state index contributed by atoms with van der Waals surface area (Å²) in [5.74, 6) is 2.88. The van der Waals surface area contributed by atoms with Crippen LogP contribution in [-0.4, -0.2) is 67.5 Å². The number of sulfonamides is 2. The van der Waals surface area contributed by atoms with E-state index in [0.29, 0.717) is 23.2 Å². The molecule has 0 amide bonds. The second-order valence-electron chi connectivity index (χ2n) is 12.0. The van der Waals surface area contributed by atoms with Gasteiger partial charge in [-0.3, -0.25) is 9.44 Å². The Bertz CT molecular complexity index is 1420. The van der Waals surface area contributed by atoms with E-state index in [2.05, 4.69) is 52.7 Å². The zero-order chi connectivity index (χ0) is 28.2. The molecule has 0 radical (unpaired) electrons. The van der Waals surface area contributed by atoms with Crippen molar-refractivity contribution in [2.75, 3.05) is 55.2 Å². The summed E-state index contributed by atoms with van der Waals surface area (Å²) in [4.78, 5) is 2.39. The molecule has 6 rings (SSSR count). The molecular formula is C29H42N4O4S2. The summed E-state index contributed by atoms with van der Waals surface area (Å²) >= 11 is 0. The van der Waals surface area contributed by atoms with Crippen LogP contribution in [0.3, 0.4) is 0 Å². The molecule has 2 aliphatic carbocycles. The van der Waals surface area contributed by atoms with Crippen molar-refractivity contribution < 1.29 is 16.8 Å². The average Bonchev–Trinajstić information content (AvgIpc) is 3.41. The van der Waals surface area contributed by atoms with E-state index in [-0.39, 0.29) is 10.8 Å². The van der Waals surface area contributed by atoms with Crippen molar-refractivity contribution in [1.29, 1.82) is 0 Å². The lowest BCUT2D eigenvalue weighted by atomic mass is 9.87. The van der Waals surface area contributed by atoms with Crippen molar-refractivity contribution in [3.8, 4) is 0 Å². The standard InChI is InChI=1S/C15H22N2O2S.C14H20N2O2S/c1-4-15(13-9-17(2)10-14(13)15)11-6-5-7-12(8-11)16-20(3,18)19;1-3-14(12-8-15-9-13(12)14)10-5-4-6-11(7-10)16-19(2,17)18/h5-8,13-14,16H,4,9-10H2,1-3H3;4-7,12-13,15-16H,3,8-9H2,1-2H3. The summed E-state index contributed by atoms with van der Waals surface area (Å²) in [6.07, 6.45) is 4.62. The van der Waals surface area contributed by atoms with E-state index in [0.717, 1.165) is 50.9 Å². The fourth-order valence-corrected chi connectivity index (χ4v) is 9.17. The summed E-state index contributed by atoms with van der Waals surface area (Å²) in [6.45, 7) is 8.96. The molecule has 4 aliphatic rings. The number of piperidine rings is 2. The monoisotopic (exact) mass is 574 g/mol. The van der Waals surface area contributed by atoms with Gasteiger partial charge >= 0.3 is 0 Å². The number of likely N-dealkylation sites (tertiary alicyclic amines) is 1. The molecule has 10 heteroatoms. The average molecular weight is 575 g/mol. The van der Waals surface area contributed by atoms with E-state index < -0.39 is 20.0 Å². The van der Waals surface area contributed by atoms with E-state index >= 15 is 0 Å². The van der Waals surface area contributed by atoms with E-state index in [9.17, 15) is 16.8 Å². The van der Waals surface area contributed by atoms with Crippen LogP contribution in [-0.2, 0) is 30.9 Å². The van der Waals surface area contributed by atoms with Crippen LogP contribution in [0.15, 0.2) is 48.5 Å². The predicted octanol–water partition coefficient (Wildman–Crippen LogP) is 3.45. The first kappa shape index (κ1) is 28.4. The van der Waals surface area contributed by atoms with Gasteiger partial charge in [0, 0.05) is 35.3 Å². The largest absolute Gasteiger partial charge is 0.316 e. The molecule has 2 saturated carbocycles. The Kier molecular flexibility index (Phi) is 7.31. The number of fused-ring (bicyclic) bond motifs is 2. The molecule has 4 unspecified atom stereocenters. The summed E-state index contributed by atoms with van der Waals surface area (Å²) in [7, 11) is -4.24. The molecule has 2 aromatic rings. The van der Waals surface area contributed by atoms with Crippen molar-refractivity contribution in [3.63, 3.8) is 0 Å². The third-order valence-electron chi connectivity index (χ3n) is 9.72. The molecule has 2 saturated heterocycles. The molecule has 214 valence electrons. The van der Waals surface area contributed by atoms with Gasteiger partial charge in [-0.2, -0.15) is 0 Å². The van der Waals surface area contributed by atoms with Gasteiger partial charge in [0.15, 0.2) is 0 Å². The number of rotatable bonds is 8. The van der Waals surface area contributed by atoms with Gasteiger partial charge in [-0.1, -0.05) is 38.1 Å². The molecule has 3 N–H and O–H groups in total. The van der Waals surface area contributed by atoms with Gasteiger partial charge in [0.1, 0.15) is 0 Å². The Balaban J connectivity index is 0.000000158. The molecule has 0 bridgehead atoms. The van der Waals surface area contributed by atoms with Gasteiger partial charge in [-0.15, -0.1) is 0 Å². The SMILES string of the molecule is CCC1(c2cccc(NS(C)(=O)=O)c2)C2CN(C)CC21.CCC1(c2cccc(NS(C)(=O)=O)c2)C2CNCC21. The molecule has 0 spiro atoms. The third kappa shape index (κ3) is 5.33. The number of nitrogens with zero attached hydrogens (tertiary/aromatic N) is 1.